The molecule has 152 valence electrons. The zero-order chi connectivity index (χ0) is 20.7. The second-order valence-corrected chi connectivity index (χ2v) is 9.07. The fraction of sp³-hybridized carbons (Fsp3) is 0.500. The highest BCUT2D eigenvalue weighted by molar-refractivity contribution is 5.87. The molecular weight excluding hydrogens is 340 g/mol. The standard InChI is InChI=1S/C26H38N2/c1-18(2)15-22-7-11-24(12-8-22)20(5)17-28-26(27)21(6)25-13-9-23(10-14-25)16-19(3)4/h7-14,18-21H,15-17H2,1-6H3,(H2,27,28)/t20-,21+/m1/s1. The summed E-state index contributed by atoms with van der Waals surface area (Å²) >= 11 is 0. The predicted octanol–water partition coefficient (Wildman–Crippen LogP) is 6.35. The van der Waals surface area contributed by atoms with Gasteiger partial charge in [-0.05, 0) is 46.9 Å². The average molecular weight is 379 g/mol. The van der Waals surface area contributed by atoms with Crippen LogP contribution in [-0.2, 0) is 12.8 Å². The van der Waals surface area contributed by atoms with E-state index in [9.17, 15) is 0 Å². The summed E-state index contributed by atoms with van der Waals surface area (Å²) in [6, 6.07) is 17.8. The van der Waals surface area contributed by atoms with Gasteiger partial charge in [-0.15, -0.1) is 0 Å². The van der Waals surface area contributed by atoms with Crippen molar-refractivity contribution in [3.8, 4) is 0 Å². The van der Waals surface area contributed by atoms with Gasteiger partial charge in [0.2, 0.25) is 0 Å². The Bertz CT molecular complexity index is 739. The van der Waals surface area contributed by atoms with Gasteiger partial charge in [-0.25, -0.2) is 0 Å². The first kappa shape index (κ1) is 22.2. The third-order valence-electron chi connectivity index (χ3n) is 5.31. The van der Waals surface area contributed by atoms with Crippen LogP contribution in [0.2, 0.25) is 0 Å². The summed E-state index contributed by atoms with van der Waals surface area (Å²) in [6.45, 7) is 14.1. The molecular formula is C26H38N2. The first-order valence-electron chi connectivity index (χ1n) is 10.7. The lowest BCUT2D eigenvalue weighted by Gasteiger charge is -2.15. The number of nitrogens with two attached hydrogens (primary N) is 1. The van der Waals surface area contributed by atoms with E-state index in [0.29, 0.717) is 17.8 Å². The number of aliphatic imine (C=N–C) groups is 1. The van der Waals surface area contributed by atoms with Crippen LogP contribution in [0.1, 0.15) is 75.6 Å². The van der Waals surface area contributed by atoms with Gasteiger partial charge < -0.3 is 5.73 Å². The molecule has 2 N–H and O–H groups in total. The highest BCUT2D eigenvalue weighted by Gasteiger charge is 2.12. The highest BCUT2D eigenvalue weighted by Crippen LogP contribution is 2.20. The smallest absolute Gasteiger partial charge is 0.101 e. The van der Waals surface area contributed by atoms with E-state index in [0.717, 1.165) is 25.2 Å². The van der Waals surface area contributed by atoms with Crippen molar-refractivity contribution in [1.29, 1.82) is 0 Å². The lowest BCUT2D eigenvalue weighted by Crippen LogP contribution is -2.21. The molecule has 0 bridgehead atoms. The molecule has 0 spiro atoms. The van der Waals surface area contributed by atoms with E-state index in [-0.39, 0.29) is 5.92 Å². The van der Waals surface area contributed by atoms with Crippen LogP contribution < -0.4 is 5.73 Å². The van der Waals surface area contributed by atoms with E-state index in [4.69, 9.17) is 10.7 Å². The minimum absolute atomic E-state index is 0.147. The summed E-state index contributed by atoms with van der Waals surface area (Å²) in [6.07, 6.45) is 2.25. The van der Waals surface area contributed by atoms with Crippen LogP contribution in [0.15, 0.2) is 53.5 Å². The molecule has 0 unspecified atom stereocenters. The summed E-state index contributed by atoms with van der Waals surface area (Å²) in [5, 5.41) is 0. The molecule has 0 saturated carbocycles. The normalized spacial score (nSPS) is 14.5. The van der Waals surface area contributed by atoms with E-state index >= 15 is 0 Å². The van der Waals surface area contributed by atoms with Crippen LogP contribution in [-0.4, -0.2) is 12.4 Å². The first-order chi connectivity index (χ1) is 13.3. The SMILES string of the molecule is CC(C)Cc1ccc([C@H](C)CN=C(N)[C@@H](C)c2ccc(CC(C)C)cc2)cc1. The van der Waals surface area contributed by atoms with Gasteiger partial charge in [-0.2, -0.15) is 0 Å². The third kappa shape index (κ3) is 6.82. The van der Waals surface area contributed by atoms with Crippen LogP contribution in [0.4, 0.5) is 0 Å². The molecule has 0 fully saturated rings. The molecule has 0 aliphatic heterocycles. The molecule has 0 amide bonds. The maximum absolute atomic E-state index is 6.32. The van der Waals surface area contributed by atoms with E-state index in [1.54, 1.807) is 0 Å². The number of nitrogens with zero attached hydrogens (tertiary/aromatic N) is 1. The summed E-state index contributed by atoms with van der Waals surface area (Å²) in [5.74, 6) is 2.60. The molecule has 2 rings (SSSR count). The van der Waals surface area contributed by atoms with Gasteiger partial charge in [0.15, 0.2) is 0 Å². The van der Waals surface area contributed by atoms with Crippen molar-refractivity contribution in [3.63, 3.8) is 0 Å². The molecule has 2 aromatic rings. The fourth-order valence-corrected chi connectivity index (χ4v) is 3.52. The zero-order valence-electron chi connectivity index (χ0n) is 18.6. The van der Waals surface area contributed by atoms with Gasteiger partial charge in [-0.3, -0.25) is 4.99 Å². The number of hydrogen-bond donors (Lipinski definition) is 1. The first-order valence-corrected chi connectivity index (χ1v) is 10.7. The van der Waals surface area contributed by atoms with E-state index in [1.807, 2.05) is 0 Å². The Kier molecular flexibility index (Phi) is 8.29. The van der Waals surface area contributed by atoms with Gasteiger partial charge in [0.05, 0.1) is 0 Å². The van der Waals surface area contributed by atoms with Crippen molar-refractivity contribution in [2.45, 2.75) is 66.2 Å². The Hall–Kier alpha value is -2.09. The maximum Gasteiger partial charge on any atom is 0.101 e. The fourth-order valence-electron chi connectivity index (χ4n) is 3.52. The molecule has 0 aliphatic rings. The number of amidine groups is 1. The maximum atomic E-state index is 6.32. The minimum Gasteiger partial charge on any atom is -0.387 e. The number of rotatable bonds is 9. The van der Waals surface area contributed by atoms with Crippen LogP contribution in [0.25, 0.3) is 0 Å². The van der Waals surface area contributed by atoms with Crippen molar-refractivity contribution in [3.05, 3.63) is 70.8 Å². The van der Waals surface area contributed by atoms with E-state index in [2.05, 4.69) is 90.1 Å². The molecule has 0 saturated heterocycles. The molecule has 2 atom stereocenters. The van der Waals surface area contributed by atoms with Crippen LogP contribution in [0.5, 0.6) is 0 Å². The Morgan fingerprint density at radius 2 is 1.14 bits per heavy atom. The van der Waals surface area contributed by atoms with Crippen molar-refractivity contribution in [2.24, 2.45) is 22.6 Å². The quantitative estimate of drug-likeness (QED) is 0.401. The number of hydrogen-bond acceptors (Lipinski definition) is 1. The van der Waals surface area contributed by atoms with Crippen molar-refractivity contribution >= 4 is 5.84 Å². The lowest BCUT2D eigenvalue weighted by atomic mass is 9.95. The summed E-state index contributed by atoms with van der Waals surface area (Å²) in [4.78, 5) is 4.71. The Morgan fingerprint density at radius 1 is 0.714 bits per heavy atom. The van der Waals surface area contributed by atoms with Gasteiger partial charge in [-0.1, -0.05) is 90.1 Å². The van der Waals surface area contributed by atoms with Gasteiger partial charge in [0.25, 0.3) is 0 Å². The van der Waals surface area contributed by atoms with Crippen molar-refractivity contribution < 1.29 is 0 Å². The minimum atomic E-state index is 0.147. The third-order valence-corrected chi connectivity index (χ3v) is 5.31. The summed E-state index contributed by atoms with van der Waals surface area (Å²) in [5.41, 5.74) is 11.7. The van der Waals surface area contributed by atoms with Crippen LogP contribution >= 0.6 is 0 Å². The molecule has 0 heterocycles. The second-order valence-electron chi connectivity index (χ2n) is 9.07. The molecule has 0 radical (unpaired) electrons. The van der Waals surface area contributed by atoms with Crippen LogP contribution in [0.3, 0.4) is 0 Å². The monoisotopic (exact) mass is 378 g/mol. The van der Waals surface area contributed by atoms with Gasteiger partial charge in [0.1, 0.15) is 5.84 Å². The average Bonchev–Trinajstić information content (AvgIpc) is 2.65. The molecule has 2 heteroatoms. The van der Waals surface area contributed by atoms with E-state index < -0.39 is 0 Å². The molecule has 0 aromatic heterocycles. The topological polar surface area (TPSA) is 38.4 Å². The summed E-state index contributed by atoms with van der Waals surface area (Å²) < 4.78 is 0. The highest BCUT2D eigenvalue weighted by atomic mass is 14.9. The largest absolute Gasteiger partial charge is 0.387 e. The van der Waals surface area contributed by atoms with Crippen LogP contribution in [0, 0.1) is 11.8 Å². The molecule has 28 heavy (non-hydrogen) atoms. The Balaban J connectivity index is 1.96. The number of benzene rings is 2. The summed E-state index contributed by atoms with van der Waals surface area (Å²) in [7, 11) is 0. The Labute approximate surface area is 172 Å². The lowest BCUT2D eigenvalue weighted by molar-refractivity contribution is 0.646. The second kappa shape index (κ2) is 10.5. The Morgan fingerprint density at radius 3 is 1.57 bits per heavy atom. The predicted molar refractivity (Wildman–Crippen MR) is 123 cm³/mol. The van der Waals surface area contributed by atoms with Gasteiger partial charge >= 0.3 is 0 Å². The zero-order valence-corrected chi connectivity index (χ0v) is 18.6. The van der Waals surface area contributed by atoms with Crippen molar-refractivity contribution in [2.75, 3.05) is 6.54 Å². The van der Waals surface area contributed by atoms with E-state index in [1.165, 1.54) is 22.3 Å². The van der Waals surface area contributed by atoms with Crippen molar-refractivity contribution in [1.82, 2.24) is 0 Å². The molecule has 2 aromatic carbocycles. The molecule has 2 nitrogen and oxygen atoms in total. The molecule has 0 aliphatic carbocycles. The van der Waals surface area contributed by atoms with Gasteiger partial charge in [0, 0.05) is 18.4 Å².